The Hall–Kier alpha value is -2.02. The summed E-state index contributed by atoms with van der Waals surface area (Å²) in [5.74, 6) is 0. The fourth-order valence-electron chi connectivity index (χ4n) is 1.42. The van der Waals surface area contributed by atoms with Gasteiger partial charge >= 0.3 is 0 Å². The van der Waals surface area contributed by atoms with Gasteiger partial charge in [-0.05, 0) is 17.2 Å². The molecule has 1 nitrogen and oxygen atoms in total. The van der Waals surface area contributed by atoms with Gasteiger partial charge in [0.2, 0.25) is 0 Å². The van der Waals surface area contributed by atoms with Crippen LogP contribution >= 0.6 is 0 Å². The molecule has 0 saturated carbocycles. The monoisotopic (exact) mass is 194 g/mol. The molecule has 2 rings (SSSR count). The molecule has 0 amide bonds. The van der Waals surface area contributed by atoms with E-state index in [-0.39, 0.29) is 0 Å². The zero-order chi connectivity index (χ0) is 10.5. The molecule has 1 N–H and O–H groups in total. The van der Waals surface area contributed by atoms with E-state index in [2.05, 4.69) is 0 Å². The van der Waals surface area contributed by atoms with Crippen LogP contribution in [0.1, 0.15) is 11.1 Å². The molecular formula is C14H12N. The maximum atomic E-state index is 7.91. The third-order valence-corrected chi connectivity index (χ3v) is 2.20. The highest BCUT2D eigenvalue weighted by Crippen LogP contribution is 2.13. The van der Waals surface area contributed by atoms with Gasteiger partial charge < -0.3 is 5.73 Å². The van der Waals surface area contributed by atoms with Crippen molar-refractivity contribution in [1.29, 1.82) is 0 Å². The normalized spacial score (nSPS) is 11.3. The van der Waals surface area contributed by atoms with Crippen LogP contribution in [-0.2, 0) is 0 Å². The minimum atomic E-state index is 0.543. The zero-order valence-electron chi connectivity index (χ0n) is 8.35. The summed E-state index contributed by atoms with van der Waals surface area (Å²) in [6.07, 6.45) is 1.87. The highest BCUT2D eigenvalue weighted by atomic mass is 14.6. The second kappa shape index (κ2) is 4.47. The summed E-state index contributed by atoms with van der Waals surface area (Å²) in [6.45, 7) is 0. The number of rotatable bonds is 2. The molecule has 0 atom stereocenters. The minimum absolute atomic E-state index is 0.543. The summed E-state index contributed by atoms with van der Waals surface area (Å²) >= 11 is 0. The van der Waals surface area contributed by atoms with Crippen LogP contribution in [0.2, 0.25) is 0 Å². The summed E-state index contributed by atoms with van der Waals surface area (Å²) in [7, 11) is 0. The Bertz CT molecular complexity index is 443. The molecule has 2 aromatic rings. The first-order valence-electron chi connectivity index (χ1n) is 4.90. The smallest absolute Gasteiger partial charge is 0.0618 e. The van der Waals surface area contributed by atoms with Crippen molar-refractivity contribution >= 4 is 11.8 Å². The second-order valence-electron chi connectivity index (χ2n) is 3.33. The van der Waals surface area contributed by atoms with Crippen molar-refractivity contribution in [1.82, 2.24) is 5.73 Å². The van der Waals surface area contributed by atoms with E-state index >= 15 is 0 Å². The van der Waals surface area contributed by atoms with E-state index in [9.17, 15) is 0 Å². The van der Waals surface area contributed by atoms with Crippen LogP contribution in [0.15, 0.2) is 60.7 Å². The molecule has 0 unspecified atom stereocenters. The summed E-state index contributed by atoms with van der Waals surface area (Å²) in [6, 6.07) is 19.7. The average Bonchev–Trinajstić information content (AvgIpc) is 2.31. The third kappa shape index (κ3) is 2.47. The van der Waals surface area contributed by atoms with E-state index in [1.165, 1.54) is 0 Å². The summed E-state index contributed by atoms with van der Waals surface area (Å²) < 4.78 is 0. The first-order valence-corrected chi connectivity index (χ1v) is 4.90. The maximum Gasteiger partial charge on any atom is 0.0618 e. The van der Waals surface area contributed by atoms with Crippen LogP contribution in [0.5, 0.6) is 0 Å². The van der Waals surface area contributed by atoms with Gasteiger partial charge in [-0.3, -0.25) is 0 Å². The topological polar surface area (TPSA) is 23.8 Å². The minimum Gasteiger partial charge on any atom is -0.300 e. The predicted octanol–water partition coefficient (Wildman–Crippen LogP) is 3.47. The van der Waals surface area contributed by atoms with Crippen molar-refractivity contribution < 1.29 is 0 Å². The van der Waals surface area contributed by atoms with Crippen LogP contribution in [0, 0.1) is 0 Å². The van der Waals surface area contributed by atoms with Gasteiger partial charge in [-0.1, -0.05) is 60.7 Å². The van der Waals surface area contributed by atoms with Crippen molar-refractivity contribution in [3.63, 3.8) is 0 Å². The summed E-state index contributed by atoms with van der Waals surface area (Å²) in [5, 5.41) is 0. The number of benzene rings is 2. The molecule has 73 valence electrons. The molecule has 0 aliphatic rings. The van der Waals surface area contributed by atoms with Gasteiger partial charge in [0.15, 0.2) is 0 Å². The molecular weight excluding hydrogens is 182 g/mol. The van der Waals surface area contributed by atoms with Gasteiger partial charge in [0.05, 0.1) is 5.70 Å². The Morgan fingerprint density at radius 3 is 1.93 bits per heavy atom. The maximum absolute atomic E-state index is 7.91. The second-order valence-corrected chi connectivity index (χ2v) is 3.33. The lowest BCUT2D eigenvalue weighted by molar-refractivity contribution is 1.48. The Balaban J connectivity index is 2.29. The average molecular weight is 194 g/mol. The fraction of sp³-hybridized carbons (Fsp3) is 0. The van der Waals surface area contributed by atoms with Crippen LogP contribution in [0.4, 0.5) is 0 Å². The van der Waals surface area contributed by atoms with Gasteiger partial charge in [0, 0.05) is 0 Å². The first kappa shape index (κ1) is 9.53. The van der Waals surface area contributed by atoms with Crippen LogP contribution in [0.25, 0.3) is 11.8 Å². The van der Waals surface area contributed by atoms with Crippen molar-refractivity contribution in [2.45, 2.75) is 0 Å². The van der Waals surface area contributed by atoms with Crippen molar-refractivity contribution in [2.75, 3.05) is 0 Å². The van der Waals surface area contributed by atoms with Gasteiger partial charge in [0.25, 0.3) is 0 Å². The standard InChI is InChI=1S/C14H12N/c15-14(13-9-5-2-6-10-13)11-12-7-3-1-4-8-12/h1-11,15H. The molecule has 0 fully saturated rings. The summed E-state index contributed by atoms with van der Waals surface area (Å²) in [5.41, 5.74) is 10.5. The Kier molecular flexibility index (Phi) is 2.84. The van der Waals surface area contributed by atoms with E-state index in [0.717, 1.165) is 11.1 Å². The van der Waals surface area contributed by atoms with Gasteiger partial charge in [-0.2, -0.15) is 0 Å². The Morgan fingerprint density at radius 2 is 1.33 bits per heavy atom. The van der Waals surface area contributed by atoms with E-state index in [1.54, 1.807) is 0 Å². The lowest BCUT2D eigenvalue weighted by atomic mass is 10.1. The molecule has 1 heteroatoms. The molecule has 0 bridgehead atoms. The lowest BCUT2D eigenvalue weighted by Crippen LogP contribution is -1.83. The van der Waals surface area contributed by atoms with E-state index in [4.69, 9.17) is 5.73 Å². The van der Waals surface area contributed by atoms with Crippen molar-refractivity contribution in [3.8, 4) is 0 Å². The van der Waals surface area contributed by atoms with Crippen LogP contribution in [0.3, 0.4) is 0 Å². The van der Waals surface area contributed by atoms with Gasteiger partial charge in [-0.15, -0.1) is 0 Å². The molecule has 0 saturated heterocycles. The van der Waals surface area contributed by atoms with E-state index in [1.807, 2.05) is 66.7 Å². The fourth-order valence-corrected chi connectivity index (χ4v) is 1.42. The van der Waals surface area contributed by atoms with Crippen LogP contribution < -0.4 is 5.73 Å². The highest BCUT2D eigenvalue weighted by molar-refractivity contribution is 5.78. The van der Waals surface area contributed by atoms with E-state index in [0.29, 0.717) is 5.70 Å². The molecule has 2 aromatic carbocycles. The van der Waals surface area contributed by atoms with Crippen molar-refractivity contribution in [2.24, 2.45) is 0 Å². The lowest BCUT2D eigenvalue weighted by Gasteiger charge is -1.99. The SMILES string of the molecule is [NH]C(=Cc1ccccc1)c1ccccc1. The molecule has 0 aliphatic carbocycles. The van der Waals surface area contributed by atoms with Gasteiger partial charge in [0.1, 0.15) is 0 Å². The molecule has 15 heavy (non-hydrogen) atoms. The Labute approximate surface area is 89.9 Å². The summed E-state index contributed by atoms with van der Waals surface area (Å²) in [4.78, 5) is 0. The zero-order valence-corrected chi connectivity index (χ0v) is 8.35. The van der Waals surface area contributed by atoms with E-state index < -0.39 is 0 Å². The Morgan fingerprint density at radius 1 is 0.800 bits per heavy atom. The molecule has 1 radical (unpaired) electrons. The predicted molar refractivity (Wildman–Crippen MR) is 63.9 cm³/mol. The highest BCUT2D eigenvalue weighted by Gasteiger charge is 1.95. The third-order valence-electron chi connectivity index (χ3n) is 2.20. The molecule has 0 spiro atoms. The molecule has 0 aliphatic heterocycles. The number of hydrogen-bond donors (Lipinski definition) is 0. The number of hydrogen-bond acceptors (Lipinski definition) is 0. The first-order chi connectivity index (χ1) is 7.36. The van der Waals surface area contributed by atoms with Crippen LogP contribution in [-0.4, -0.2) is 0 Å². The van der Waals surface area contributed by atoms with Gasteiger partial charge in [-0.25, -0.2) is 0 Å². The quantitative estimate of drug-likeness (QED) is 0.654. The van der Waals surface area contributed by atoms with Crippen molar-refractivity contribution in [3.05, 3.63) is 71.8 Å². The number of nitrogens with one attached hydrogen (secondary N) is 1. The molecule has 0 aromatic heterocycles. The largest absolute Gasteiger partial charge is 0.300 e. The molecule has 0 heterocycles.